The highest BCUT2D eigenvalue weighted by Crippen LogP contribution is 2.15. The van der Waals surface area contributed by atoms with E-state index in [1.807, 2.05) is 32.9 Å². The van der Waals surface area contributed by atoms with E-state index in [4.69, 9.17) is 16.3 Å². The molecule has 17 nitrogen and oxygen atoms in total. The van der Waals surface area contributed by atoms with Crippen LogP contribution in [0.15, 0.2) is 39.2 Å². The van der Waals surface area contributed by atoms with Gasteiger partial charge in [-0.15, -0.1) is 4.99 Å². The SMILES string of the molecule is C.C.C.CCC.CCn1c(=O)nc(SC)n(PC)c1=O.CPN=C(N)SC.CPNC(N)=S.CPn1c(SC)nc(=O)[nH]c1=O.O=C=NC(=O)Cl. The van der Waals surface area contributed by atoms with Gasteiger partial charge >= 0.3 is 28.1 Å². The number of thiocarbonyl (C=S) groups is 1. The van der Waals surface area contributed by atoms with Gasteiger partial charge in [-0.3, -0.25) is 18.5 Å². The number of H-pyrrole nitrogens is 1. The van der Waals surface area contributed by atoms with Crippen LogP contribution in [0.2, 0.25) is 0 Å². The molecular formula is C25H56ClN11O6P4S4. The summed E-state index contributed by atoms with van der Waals surface area (Å²) >= 11 is 13.1. The molecule has 0 aliphatic carbocycles. The van der Waals surface area contributed by atoms with E-state index in [0.717, 1.165) is 10.6 Å². The number of amides is 1. The van der Waals surface area contributed by atoms with Crippen molar-refractivity contribution in [3.8, 4) is 0 Å². The van der Waals surface area contributed by atoms with E-state index >= 15 is 0 Å². The molecule has 0 aromatic carbocycles. The number of rotatable bonds is 7. The number of isocyanates is 1. The van der Waals surface area contributed by atoms with E-state index < -0.39 is 16.7 Å². The average molecular weight is 894 g/mol. The van der Waals surface area contributed by atoms with Crippen molar-refractivity contribution in [1.29, 1.82) is 0 Å². The molecule has 0 radical (unpaired) electrons. The van der Waals surface area contributed by atoms with Crippen LogP contribution in [0.4, 0.5) is 4.79 Å². The molecule has 51 heavy (non-hydrogen) atoms. The van der Waals surface area contributed by atoms with Crippen molar-refractivity contribution in [2.24, 2.45) is 21.2 Å². The summed E-state index contributed by atoms with van der Waals surface area (Å²) in [5, 5.41) is 3.73. The summed E-state index contributed by atoms with van der Waals surface area (Å²) in [6, 6.07) is 0. The molecule has 0 bridgehead atoms. The normalized spacial score (nSPS) is 9.82. The Balaban J connectivity index is -0.0000000956. The number of aromatic nitrogens is 6. The number of carbonyl (C=O) groups excluding carboxylic acids is 2. The number of aromatic amines is 1. The second-order valence-corrected chi connectivity index (χ2v) is 13.5. The first-order chi connectivity index (χ1) is 22.6. The highest BCUT2D eigenvalue weighted by molar-refractivity contribution is 8.13. The van der Waals surface area contributed by atoms with Crippen LogP contribution < -0.4 is 39.3 Å². The second kappa shape index (κ2) is 42.9. The lowest BCUT2D eigenvalue weighted by molar-refractivity contribution is 0.266. The van der Waals surface area contributed by atoms with E-state index in [9.17, 15) is 24.0 Å². The van der Waals surface area contributed by atoms with Crippen molar-refractivity contribution < 1.29 is 9.59 Å². The van der Waals surface area contributed by atoms with Gasteiger partial charge in [0.05, 0.1) is 0 Å². The van der Waals surface area contributed by atoms with Gasteiger partial charge in [-0.25, -0.2) is 33.3 Å². The summed E-state index contributed by atoms with van der Waals surface area (Å²) in [6.45, 7) is 14.1. The lowest BCUT2D eigenvalue weighted by atomic mass is 10.6. The van der Waals surface area contributed by atoms with Crippen molar-refractivity contribution >= 4 is 116 Å². The lowest BCUT2D eigenvalue weighted by Crippen LogP contribution is -2.39. The monoisotopic (exact) mass is 893 g/mol. The van der Waals surface area contributed by atoms with E-state index in [-0.39, 0.29) is 42.4 Å². The maximum Gasteiger partial charge on any atom is 0.354 e. The summed E-state index contributed by atoms with van der Waals surface area (Å²) in [4.78, 5) is 75.3. The number of amidine groups is 1. The molecule has 0 saturated carbocycles. The zero-order valence-electron chi connectivity index (χ0n) is 28.2. The number of hydrogen-bond acceptors (Lipinski definition) is 13. The molecule has 4 unspecified atom stereocenters. The molecule has 2 rings (SSSR count). The Kier molecular flexibility index (Phi) is 54.2. The minimum absolute atomic E-state index is 0. The van der Waals surface area contributed by atoms with Gasteiger partial charge < -0.3 is 16.6 Å². The first-order valence-corrected chi connectivity index (χ1v) is 23.3. The molecule has 0 saturated heterocycles. The Morgan fingerprint density at radius 2 is 1.43 bits per heavy atom. The molecular weight excluding hydrogens is 838 g/mol. The third-order valence-electron chi connectivity index (χ3n) is 3.78. The Hall–Kier alpha value is -1.51. The van der Waals surface area contributed by atoms with E-state index in [2.05, 4.69) is 67.5 Å². The van der Waals surface area contributed by atoms with Crippen molar-refractivity contribution in [3.05, 3.63) is 41.9 Å². The fourth-order valence-electron chi connectivity index (χ4n) is 2.12. The van der Waals surface area contributed by atoms with E-state index in [1.54, 1.807) is 19.4 Å². The lowest BCUT2D eigenvalue weighted by Gasteiger charge is -2.08. The second-order valence-electron chi connectivity index (χ2n) is 7.14. The predicted molar refractivity (Wildman–Crippen MR) is 239 cm³/mol. The quantitative estimate of drug-likeness (QED) is 0.0423. The Morgan fingerprint density at radius 3 is 1.69 bits per heavy atom. The number of aliphatic imine (C=N–C) groups is 1. The average Bonchev–Trinajstić information content (AvgIpc) is 3.02. The van der Waals surface area contributed by atoms with Crippen LogP contribution in [0.5, 0.6) is 0 Å². The number of nitrogens with two attached hydrogens (primary N) is 2. The number of thioether (sulfide) groups is 3. The molecule has 0 aliphatic rings. The zero-order chi connectivity index (χ0) is 38.2. The van der Waals surface area contributed by atoms with Gasteiger partial charge in [-0.05, 0) is 102 Å². The highest BCUT2D eigenvalue weighted by Gasteiger charge is 2.09. The van der Waals surface area contributed by atoms with Crippen molar-refractivity contribution in [3.63, 3.8) is 0 Å². The smallest absolute Gasteiger partial charge is 0.354 e. The summed E-state index contributed by atoms with van der Waals surface area (Å²) in [5.74, 6) is 0. The number of nitrogens with zero attached hydrogens (tertiary/aromatic N) is 7. The molecule has 298 valence electrons. The van der Waals surface area contributed by atoms with Crippen LogP contribution in [0.1, 0.15) is 49.5 Å². The van der Waals surface area contributed by atoms with Gasteiger partial charge in [0, 0.05) is 15.3 Å². The molecule has 0 fully saturated rings. The number of nitrogens with one attached hydrogen (secondary N) is 2. The molecule has 1 amide bonds. The summed E-state index contributed by atoms with van der Waals surface area (Å²) in [5.41, 5.74) is 8.63. The third-order valence-corrected chi connectivity index (χ3v) is 9.12. The van der Waals surface area contributed by atoms with Crippen LogP contribution >= 0.6 is 94.0 Å². The van der Waals surface area contributed by atoms with E-state index in [0.29, 0.717) is 53.3 Å². The van der Waals surface area contributed by atoms with Crippen LogP contribution in [0.3, 0.4) is 0 Å². The van der Waals surface area contributed by atoms with Crippen molar-refractivity contribution in [1.82, 2.24) is 33.3 Å². The van der Waals surface area contributed by atoms with Crippen LogP contribution in [0.25, 0.3) is 0 Å². The molecule has 4 atom stereocenters. The fourth-order valence-corrected chi connectivity index (χ4v) is 6.59. The third kappa shape index (κ3) is 34.0. The molecule has 0 aliphatic heterocycles. The maximum atomic E-state index is 11.7. The number of hydrogen-bond donors (Lipinski definition) is 4. The Morgan fingerprint density at radius 1 is 0.961 bits per heavy atom. The van der Waals surface area contributed by atoms with Crippen molar-refractivity contribution in [2.45, 2.75) is 66.3 Å². The van der Waals surface area contributed by atoms with Crippen molar-refractivity contribution in [2.75, 3.05) is 45.4 Å². The minimum Gasteiger partial charge on any atom is -0.378 e. The van der Waals surface area contributed by atoms with E-state index in [1.165, 1.54) is 50.4 Å². The zero-order valence-corrected chi connectivity index (χ0v) is 36.2. The van der Waals surface area contributed by atoms with Crippen LogP contribution in [-0.2, 0) is 11.3 Å². The maximum absolute atomic E-state index is 11.7. The predicted octanol–water partition coefficient (Wildman–Crippen LogP) is 4.88. The van der Waals surface area contributed by atoms with Gasteiger partial charge in [0.25, 0.3) is 0 Å². The van der Waals surface area contributed by atoms with Crippen LogP contribution in [-0.4, -0.2) is 95.3 Å². The fraction of sp³-hybridized carbons (Fsp3) is 0.600. The minimum atomic E-state index is -1.04. The summed E-state index contributed by atoms with van der Waals surface area (Å²) < 4.78 is 8.02. The molecule has 2 aromatic heterocycles. The number of carbonyl (C=O) groups is 1. The number of halogens is 1. The summed E-state index contributed by atoms with van der Waals surface area (Å²) in [7, 11) is 1.78. The topological polar surface area (TPSA) is 248 Å². The van der Waals surface area contributed by atoms with Gasteiger partial charge in [0.1, 0.15) is 0 Å². The van der Waals surface area contributed by atoms with Gasteiger partial charge in [0.15, 0.2) is 20.6 Å². The van der Waals surface area contributed by atoms with Gasteiger partial charge in [0.2, 0.25) is 6.08 Å². The molecule has 26 heteroatoms. The van der Waals surface area contributed by atoms with Crippen LogP contribution in [0, 0.1) is 0 Å². The molecule has 6 N–H and O–H groups in total. The molecule has 0 spiro atoms. The highest BCUT2D eigenvalue weighted by atomic mass is 35.5. The largest absolute Gasteiger partial charge is 0.378 e. The van der Waals surface area contributed by atoms with Gasteiger partial charge in [-0.1, -0.05) is 77.8 Å². The standard InChI is InChI=1S/C7H12N3O2PS.C5H8N3O2PS.C3H9N2PS.C3H8.C2ClNO2.C2H7N2PS.3CH4/c1-4-9-5(11)8-6(14-3)10(13-2)7(9)12;1-11-8-4(10)6-3(9)7-5(8)12-2;1-6-5-3(4)7-2;1-3-2;3-2(6)4-1-5;1-5-4-2(3)6;;;/h13H,4H2,1-3H3;11H,1-2H3,(H,6,9,10);6H,1-2H3,(H2,4,5);3H2,1-2H3;;5H,1H3,(H3,3,4,6);3*1H4. The van der Waals surface area contributed by atoms with Gasteiger partial charge in [-0.2, -0.15) is 9.97 Å². The molecule has 2 heterocycles. The summed E-state index contributed by atoms with van der Waals surface area (Å²) in [6.07, 6.45) is 7.70. The Labute approximate surface area is 331 Å². The first kappa shape index (κ1) is 64.5. The first-order valence-electron chi connectivity index (χ1n) is 13.0. The molecule has 2 aromatic rings. The Bertz CT molecular complexity index is 1540.